The molecule has 0 saturated carbocycles. The summed E-state index contributed by atoms with van der Waals surface area (Å²) in [6.07, 6.45) is 4.61. The molecule has 0 radical (unpaired) electrons. The van der Waals surface area contributed by atoms with Crippen molar-refractivity contribution in [3.8, 4) is 29.1 Å². The van der Waals surface area contributed by atoms with Gasteiger partial charge in [-0.2, -0.15) is 9.97 Å². The number of aromatic nitrogens is 3. The zero-order valence-electron chi connectivity index (χ0n) is 30.3. The van der Waals surface area contributed by atoms with Crippen molar-refractivity contribution in [2.45, 2.75) is 90.2 Å². The molecular formula is C39H45F3N6O3. The third-order valence-corrected chi connectivity index (χ3v) is 9.96. The van der Waals surface area contributed by atoms with Gasteiger partial charge in [0.2, 0.25) is 0 Å². The Labute approximate surface area is 297 Å². The van der Waals surface area contributed by atoms with Gasteiger partial charge in [-0.25, -0.2) is 18.0 Å². The second-order valence-corrected chi connectivity index (χ2v) is 14.4. The van der Waals surface area contributed by atoms with Crippen molar-refractivity contribution in [2.24, 2.45) is 0 Å². The van der Waals surface area contributed by atoms with Gasteiger partial charge in [-0.3, -0.25) is 9.88 Å². The summed E-state index contributed by atoms with van der Waals surface area (Å²) in [4.78, 5) is 32.1. The zero-order valence-corrected chi connectivity index (χ0v) is 30.3. The molecule has 0 spiro atoms. The number of methoxy groups -OCH3 is 1. The Morgan fingerprint density at radius 3 is 2.59 bits per heavy atom. The summed E-state index contributed by atoms with van der Waals surface area (Å²) in [5.41, 5.74) is -0.0127. The van der Waals surface area contributed by atoms with E-state index in [9.17, 15) is 13.6 Å². The molecule has 2 aromatic carbocycles. The summed E-state index contributed by atoms with van der Waals surface area (Å²) in [6.45, 7) is 11.4. The monoisotopic (exact) mass is 702 g/mol. The Bertz CT molecular complexity index is 2000. The second kappa shape index (κ2) is 14.5. The number of hydrogen-bond acceptors (Lipinski definition) is 8. The third kappa shape index (κ3) is 7.27. The average Bonchev–Trinajstić information content (AvgIpc) is 3.79. The highest BCUT2D eigenvalue weighted by molar-refractivity contribution is 6.02. The van der Waals surface area contributed by atoms with Crippen molar-refractivity contribution in [3.63, 3.8) is 0 Å². The molecule has 4 atom stereocenters. The Morgan fingerprint density at radius 1 is 1.10 bits per heavy atom. The van der Waals surface area contributed by atoms with Gasteiger partial charge in [-0.15, -0.1) is 5.92 Å². The molecule has 3 fully saturated rings. The van der Waals surface area contributed by atoms with E-state index in [0.717, 1.165) is 13.0 Å². The molecule has 51 heavy (non-hydrogen) atoms. The van der Waals surface area contributed by atoms with E-state index < -0.39 is 23.4 Å². The van der Waals surface area contributed by atoms with Crippen LogP contribution >= 0.6 is 0 Å². The van der Waals surface area contributed by atoms with E-state index in [1.165, 1.54) is 32.2 Å². The van der Waals surface area contributed by atoms with Gasteiger partial charge in [0.25, 0.3) is 0 Å². The Morgan fingerprint density at radius 2 is 1.88 bits per heavy atom. The van der Waals surface area contributed by atoms with Crippen molar-refractivity contribution in [1.29, 1.82) is 0 Å². The minimum atomic E-state index is -0.690. The first-order valence-corrected chi connectivity index (χ1v) is 17.5. The van der Waals surface area contributed by atoms with Crippen molar-refractivity contribution in [2.75, 3.05) is 38.7 Å². The van der Waals surface area contributed by atoms with Gasteiger partial charge in [0.15, 0.2) is 5.82 Å². The lowest BCUT2D eigenvalue weighted by Gasteiger charge is -2.33. The average molecular weight is 703 g/mol. The van der Waals surface area contributed by atoms with E-state index in [4.69, 9.17) is 9.47 Å². The number of alkyl halides is 1. The van der Waals surface area contributed by atoms with Crippen LogP contribution in [-0.4, -0.2) is 94.5 Å². The van der Waals surface area contributed by atoms with Crippen molar-refractivity contribution in [3.05, 3.63) is 53.7 Å². The third-order valence-electron chi connectivity index (χ3n) is 9.96. The summed E-state index contributed by atoms with van der Waals surface area (Å²) in [6, 6.07) is 8.51. The normalized spacial score (nSPS) is 21.6. The van der Waals surface area contributed by atoms with Crippen LogP contribution in [0.4, 0.5) is 23.8 Å². The van der Waals surface area contributed by atoms with Crippen LogP contribution in [0.25, 0.3) is 32.9 Å². The lowest BCUT2D eigenvalue weighted by molar-refractivity contribution is 0.0233. The van der Waals surface area contributed by atoms with Gasteiger partial charge in [-0.05, 0) is 78.3 Å². The molecule has 3 aliphatic heterocycles. The quantitative estimate of drug-likeness (QED) is 0.202. The van der Waals surface area contributed by atoms with E-state index >= 15 is 4.39 Å². The predicted molar refractivity (Wildman–Crippen MR) is 193 cm³/mol. The highest BCUT2D eigenvalue weighted by Gasteiger charge is 2.39. The molecule has 270 valence electrons. The number of fused-ring (bicyclic) bond motifs is 3. The van der Waals surface area contributed by atoms with E-state index in [-0.39, 0.29) is 41.0 Å². The Hall–Kier alpha value is -4.63. The molecule has 0 bridgehead atoms. The number of benzene rings is 2. The SMILES string of the molecule is CC#Cc1c(F)ccc2cccc(-c3ncc4c(N(C)C5CCN(C(=O)OC(C)(C)C)C5C)nc(OC)nc4c3F)c12.FC1CC2CCCN2C1. The molecule has 3 aliphatic rings. The Balaban J connectivity index is 0.000000428. The number of carbonyl (C=O) groups excluding carboxylic acids is 1. The number of anilines is 1. The molecule has 9 nitrogen and oxygen atoms in total. The number of likely N-dealkylation sites (tertiary alicyclic amines) is 1. The molecule has 4 unspecified atom stereocenters. The van der Waals surface area contributed by atoms with E-state index in [0.29, 0.717) is 53.1 Å². The van der Waals surface area contributed by atoms with Gasteiger partial charge in [-0.1, -0.05) is 30.2 Å². The number of halogens is 3. The summed E-state index contributed by atoms with van der Waals surface area (Å²) in [5.74, 6) is 4.80. The lowest BCUT2D eigenvalue weighted by atomic mass is 9.96. The number of hydrogen-bond donors (Lipinski definition) is 0. The first-order valence-electron chi connectivity index (χ1n) is 17.5. The van der Waals surface area contributed by atoms with Crippen molar-refractivity contribution >= 4 is 33.6 Å². The van der Waals surface area contributed by atoms with Crippen LogP contribution in [0, 0.1) is 23.5 Å². The fourth-order valence-electron chi connectivity index (χ4n) is 7.57. The molecular weight excluding hydrogens is 657 g/mol. The largest absolute Gasteiger partial charge is 0.467 e. The number of nitrogens with zero attached hydrogens (tertiary/aromatic N) is 6. The lowest BCUT2D eigenvalue weighted by Crippen LogP contribution is -2.45. The number of amides is 1. The van der Waals surface area contributed by atoms with Gasteiger partial charge in [0.1, 0.15) is 34.6 Å². The van der Waals surface area contributed by atoms with Crippen LogP contribution in [0.1, 0.15) is 65.9 Å². The smallest absolute Gasteiger partial charge is 0.410 e. The maximum Gasteiger partial charge on any atom is 0.410 e. The van der Waals surface area contributed by atoms with Crippen LogP contribution in [0.15, 0.2) is 36.5 Å². The van der Waals surface area contributed by atoms with Crippen molar-refractivity contribution < 1.29 is 27.4 Å². The van der Waals surface area contributed by atoms with Crippen LogP contribution in [0.3, 0.4) is 0 Å². The summed E-state index contributed by atoms with van der Waals surface area (Å²) in [7, 11) is 3.26. The van der Waals surface area contributed by atoms with Crippen molar-refractivity contribution in [1.82, 2.24) is 24.8 Å². The minimum absolute atomic E-state index is 0.0116. The fraction of sp³-hybridized carbons (Fsp3) is 0.487. The highest BCUT2D eigenvalue weighted by atomic mass is 19.1. The molecule has 0 N–H and O–H groups in total. The standard InChI is InChI=1S/C32H33F2N5O3.C7H12FN/c1-8-10-20-23(33)14-13-19-11-9-12-21(25(19)20)27-26(34)28-22(17-35-27)29(37-30(36-28)41-7)38(6)24-15-16-39(18(24)2)31(40)42-32(3,4)5;8-6-4-7-2-1-3-9(7)5-6/h9,11-14,17-18,24H,15-16H2,1-7H3;6-7H,1-5H2. The molecule has 5 heterocycles. The van der Waals surface area contributed by atoms with Crippen LogP contribution in [0.2, 0.25) is 0 Å². The molecule has 1 amide bonds. The van der Waals surface area contributed by atoms with Gasteiger partial charge < -0.3 is 19.3 Å². The molecule has 7 rings (SSSR count). The maximum absolute atomic E-state index is 16.4. The van der Waals surface area contributed by atoms with Gasteiger partial charge in [0.05, 0.1) is 30.1 Å². The van der Waals surface area contributed by atoms with E-state index in [1.807, 2.05) is 45.7 Å². The van der Waals surface area contributed by atoms with Crippen LogP contribution < -0.4 is 9.64 Å². The number of ether oxygens (including phenoxy) is 2. The summed E-state index contributed by atoms with van der Waals surface area (Å²) in [5, 5.41) is 1.55. The molecule has 12 heteroatoms. The van der Waals surface area contributed by atoms with Crippen LogP contribution in [0.5, 0.6) is 6.01 Å². The number of likely N-dealkylation sites (N-methyl/N-ethyl adjacent to an activating group) is 1. The molecule has 3 saturated heterocycles. The summed E-state index contributed by atoms with van der Waals surface area (Å²) < 4.78 is 54.8. The molecule has 4 aromatic rings. The van der Waals surface area contributed by atoms with Gasteiger partial charge >= 0.3 is 12.1 Å². The van der Waals surface area contributed by atoms with E-state index in [1.54, 1.807) is 30.0 Å². The van der Waals surface area contributed by atoms with Gasteiger partial charge in [0, 0.05) is 43.3 Å². The molecule has 0 aliphatic carbocycles. The molecule has 2 aromatic heterocycles. The highest BCUT2D eigenvalue weighted by Crippen LogP contribution is 2.38. The first kappa shape index (κ1) is 36.2. The number of rotatable bonds is 4. The fourth-order valence-corrected chi connectivity index (χ4v) is 7.57. The number of pyridine rings is 1. The Kier molecular flexibility index (Phi) is 10.3. The predicted octanol–water partition coefficient (Wildman–Crippen LogP) is 7.53. The zero-order chi connectivity index (χ0) is 36.6. The second-order valence-electron chi connectivity index (χ2n) is 14.4. The number of carbonyl (C=O) groups is 1. The first-order chi connectivity index (χ1) is 24.3. The van der Waals surface area contributed by atoms with Crippen LogP contribution in [-0.2, 0) is 4.74 Å². The topological polar surface area (TPSA) is 83.9 Å². The maximum atomic E-state index is 16.4. The van der Waals surface area contributed by atoms with E-state index in [2.05, 4.69) is 31.7 Å². The summed E-state index contributed by atoms with van der Waals surface area (Å²) >= 11 is 0. The minimum Gasteiger partial charge on any atom is -0.467 e.